The Bertz CT molecular complexity index is 291. The van der Waals surface area contributed by atoms with Crippen LogP contribution in [0, 0.1) is 0 Å². The van der Waals surface area contributed by atoms with Gasteiger partial charge in [0.15, 0.2) is 0 Å². The zero-order valence-corrected chi connectivity index (χ0v) is 9.42. The minimum absolute atomic E-state index is 0.418. The Labute approximate surface area is 89.1 Å². The molecule has 0 aromatic heterocycles. The molecule has 0 aromatic carbocycles. The largest absolute Gasteiger partial charge is 0.354 e. The van der Waals surface area contributed by atoms with Crippen LogP contribution in [0.25, 0.3) is 0 Å². The average molecular weight is 239 g/mol. The third-order valence-electron chi connectivity index (χ3n) is 1.57. The lowest BCUT2D eigenvalue weighted by Crippen LogP contribution is -2.37. The summed E-state index contributed by atoms with van der Waals surface area (Å²) in [7, 11) is -3.55. The molecule has 0 radical (unpaired) electrons. The fourth-order valence-electron chi connectivity index (χ4n) is 0.819. The van der Waals surface area contributed by atoms with Crippen LogP contribution in [0.2, 0.25) is 0 Å². The van der Waals surface area contributed by atoms with Crippen molar-refractivity contribution >= 4 is 16.0 Å². The minimum Gasteiger partial charge on any atom is -0.354 e. The van der Waals surface area contributed by atoms with E-state index in [1.165, 1.54) is 0 Å². The van der Waals surface area contributed by atoms with Crippen molar-refractivity contribution in [2.24, 2.45) is 11.5 Å². The summed E-state index contributed by atoms with van der Waals surface area (Å²) in [5.41, 5.74) is 10.7. The van der Waals surface area contributed by atoms with Crippen molar-refractivity contribution in [1.29, 1.82) is 0 Å². The molecule has 0 aromatic rings. The van der Waals surface area contributed by atoms with Crippen molar-refractivity contribution in [3.05, 3.63) is 0 Å². The molecule has 0 saturated heterocycles. The van der Waals surface area contributed by atoms with E-state index in [-0.39, 0.29) is 0 Å². The molecule has 0 aliphatic heterocycles. The summed E-state index contributed by atoms with van der Waals surface area (Å²) in [6, 6.07) is -0.828. The lowest BCUT2D eigenvalue weighted by atomic mass is 10.1. The zero-order chi connectivity index (χ0) is 11.9. The number of unbranched alkanes of at least 4 members (excludes halogenated alkanes) is 1. The third kappa shape index (κ3) is 8.30. The number of carbonyl (C=O) groups is 1. The summed E-state index contributed by atoms with van der Waals surface area (Å²) in [4.78, 5) is 17.0. The van der Waals surface area contributed by atoms with E-state index in [0.717, 1.165) is 12.7 Å². The molecule has 0 aliphatic rings. The molecule has 0 unspecified atom stereocenters. The summed E-state index contributed by atoms with van der Waals surface area (Å²) in [6.45, 7) is 0.531. The number of carbonyl (C=O) groups excluding carboxylic acids is 1. The lowest BCUT2D eigenvalue weighted by molar-refractivity contribution is -0.148. The van der Waals surface area contributed by atoms with E-state index < -0.39 is 22.0 Å². The first-order valence-corrected chi connectivity index (χ1v) is 6.39. The summed E-state index contributed by atoms with van der Waals surface area (Å²) in [5, 5.41) is 0. The van der Waals surface area contributed by atoms with E-state index in [0.29, 0.717) is 19.4 Å². The van der Waals surface area contributed by atoms with Gasteiger partial charge in [-0.15, -0.1) is 0 Å². The summed E-state index contributed by atoms with van der Waals surface area (Å²) in [5.74, 6) is -0.794. The Kier molecular flexibility index (Phi) is 6.41. The second kappa shape index (κ2) is 6.72. The lowest BCUT2D eigenvalue weighted by Gasteiger charge is -2.09. The van der Waals surface area contributed by atoms with E-state index in [2.05, 4.69) is 4.84 Å². The number of rotatable bonds is 7. The molecule has 0 aliphatic carbocycles. The number of hydrogen-bond donors (Lipinski definition) is 3. The highest BCUT2D eigenvalue weighted by Crippen LogP contribution is 1.99. The SMILES string of the molecule is CS(=O)(=O)NOC(=O)[C@@H](N)CCCCN. The van der Waals surface area contributed by atoms with Crippen LogP contribution in [-0.4, -0.2) is 33.2 Å². The fourth-order valence-corrected chi connectivity index (χ4v) is 1.05. The van der Waals surface area contributed by atoms with Crippen LogP contribution >= 0.6 is 0 Å². The van der Waals surface area contributed by atoms with Crippen molar-refractivity contribution in [2.75, 3.05) is 12.8 Å². The quantitative estimate of drug-likeness (QED) is 0.365. The predicted octanol–water partition coefficient (Wildman–Crippen LogP) is -1.55. The standard InChI is InChI=1S/C7H17N3O4S/c1-15(12,13)10-14-7(11)6(9)4-2-3-5-8/h6,10H,2-5,8-9H2,1H3/t6-/m0/s1. The van der Waals surface area contributed by atoms with Gasteiger partial charge in [0.2, 0.25) is 10.0 Å². The highest BCUT2D eigenvalue weighted by atomic mass is 32.2. The molecular weight excluding hydrogens is 222 g/mol. The van der Waals surface area contributed by atoms with Gasteiger partial charge in [-0.2, -0.15) is 0 Å². The maximum atomic E-state index is 11.1. The number of sulfonamides is 1. The summed E-state index contributed by atoms with van der Waals surface area (Å²) < 4.78 is 21.1. The highest BCUT2D eigenvalue weighted by Gasteiger charge is 2.16. The van der Waals surface area contributed by atoms with Crippen molar-refractivity contribution in [1.82, 2.24) is 4.89 Å². The van der Waals surface area contributed by atoms with Gasteiger partial charge >= 0.3 is 5.97 Å². The highest BCUT2D eigenvalue weighted by molar-refractivity contribution is 7.88. The molecule has 5 N–H and O–H groups in total. The first kappa shape index (κ1) is 14.3. The molecular formula is C7H17N3O4S. The van der Waals surface area contributed by atoms with E-state index in [1.54, 1.807) is 4.89 Å². The Morgan fingerprint density at radius 1 is 1.47 bits per heavy atom. The van der Waals surface area contributed by atoms with Crippen LogP contribution in [0.15, 0.2) is 0 Å². The van der Waals surface area contributed by atoms with Gasteiger partial charge in [-0.25, -0.2) is 13.2 Å². The van der Waals surface area contributed by atoms with Crippen LogP contribution in [0.1, 0.15) is 19.3 Å². The molecule has 90 valence electrons. The number of hydrogen-bond acceptors (Lipinski definition) is 6. The topological polar surface area (TPSA) is 125 Å². The number of nitrogens with one attached hydrogen (secondary N) is 1. The predicted molar refractivity (Wildman–Crippen MR) is 55.0 cm³/mol. The van der Waals surface area contributed by atoms with Crippen LogP contribution in [0.3, 0.4) is 0 Å². The van der Waals surface area contributed by atoms with Gasteiger partial charge in [-0.1, -0.05) is 6.42 Å². The van der Waals surface area contributed by atoms with E-state index in [1.807, 2.05) is 0 Å². The molecule has 8 heteroatoms. The molecule has 1 atom stereocenters. The van der Waals surface area contributed by atoms with Crippen LogP contribution < -0.4 is 16.4 Å². The van der Waals surface area contributed by atoms with E-state index >= 15 is 0 Å². The van der Waals surface area contributed by atoms with Crippen molar-refractivity contribution < 1.29 is 18.0 Å². The zero-order valence-electron chi connectivity index (χ0n) is 8.60. The van der Waals surface area contributed by atoms with Gasteiger partial charge in [-0.05, 0) is 24.3 Å². The van der Waals surface area contributed by atoms with Gasteiger partial charge in [0.25, 0.3) is 0 Å². The molecule has 0 heterocycles. The Morgan fingerprint density at radius 3 is 2.53 bits per heavy atom. The molecule has 15 heavy (non-hydrogen) atoms. The maximum absolute atomic E-state index is 11.1. The fraction of sp³-hybridized carbons (Fsp3) is 0.857. The Balaban J connectivity index is 3.79. The molecule has 0 saturated carbocycles. The smallest absolute Gasteiger partial charge is 0.342 e. The normalized spacial score (nSPS) is 13.5. The minimum atomic E-state index is -3.55. The van der Waals surface area contributed by atoms with Gasteiger partial charge in [0.1, 0.15) is 6.04 Å². The van der Waals surface area contributed by atoms with E-state index in [9.17, 15) is 13.2 Å². The maximum Gasteiger partial charge on any atom is 0.342 e. The van der Waals surface area contributed by atoms with Crippen LogP contribution in [0.4, 0.5) is 0 Å². The Hall–Kier alpha value is -0.700. The van der Waals surface area contributed by atoms with Crippen molar-refractivity contribution in [2.45, 2.75) is 25.3 Å². The molecule has 0 amide bonds. The monoisotopic (exact) mass is 239 g/mol. The van der Waals surface area contributed by atoms with Crippen molar-refractivity contribution in [3.63, 3.8) is 0 Å². The van der Waals surface area contributed by atoms with Gasteiger partial charge in [0.05, 0.1) is 6.26 Å². The van der Waals surface area contributed by atoms with E-state index in [4.69, 9.17) is 11.5 Å². The van der Waals surface area contributed by atoms with Gasteiger partial charge < -0.3 is 16.3 Å². The molecule has 7 nitrogen and oxygen atoms in total. The molecule has 0 bridgehead atoms. The average Bonchev–Trinajstić information content (AvgIpc) is 2.13. The molecule has 0 rings (SSSR count). The first-order valence-electron chi connectivity index (χ1n) is 4.50. The summed E-state index contributed by atoms with van der Waals surface area (Å²) in [6.07, 6.45) is 2.76. The molecule has 0 spiro atoms. The van der Waals surface area contributed by atoms with Gasteiger partial charge in [0, 0.05) is 0 Å². The van der Waals surface area contributed by atoms with Crippen LogP contribution in [-0.2, 0) is 19.7 Å². The number of nitrogens with two attached hydrogens (primary N) is 2. The summed E-state index contributed by atoms with van der Waals surface area (Å²) >= 11 is 0. The molecule has 0 fully saturated rings. The van der Waals surface area contributed by atoms with Crippen LogP contribution in [0.5, 0.6) is 0 Å². The first-order chi connectivity index (χ1) is 6.87. The van der Waals surface area contributed by atoms with Crippen molar-refractivity contribution in [3.8, 4) is 0 Å². The second-order valence-electron chi connectivity index (χ2n) is 3.17. The Morgan fingerprint density at radius 2 is 2.07 bits per heavy atom. The van der Waals surface area contributed by atoms with Gasteiger partial charge in [-0.3, -0.25) is 0 Å². The second-order valence-corrected chi connectivity index (χ2v) is 4.88. The third-order valence-corrected chi connectivity index (χ3v) is 1.95.